The summed E-state index contributed by atoms with van der Waals surface area (Å²) in [4.78, 5) is 25.4. The third-order valence-electron chi connectivity index (χ3n) is 5.79. The first-order valence-electron chi connectivity index (χ1n) is 10.9. The van der Waals surface area contributed by atoms with E-state index in [1.807, 2.05) is 35.2 Å². The standard InChI is InChI=1S/C24H23FN4O5S/c25-19-10-12-20(13-11-19)26-24(30)23(18-6-2-1-3-7-18)27-14-16-28(17-15-27)35(33,34)22-9-5-4-8-21(22)29(31)32/h1-13,23H,14-17H2,(H,26,30)/t23-/m0/s1. The second-order valence-electron chi connectivity index (χ2n) is 7.97. The van der Waals surface area contributed by atoms with Crippen molar-refractivity contribution in [2.75, 3.05) is 31.5 Å². The molecule has 35 heavy (non-hydrogen) atoms. The smallest absolute Gasteiger partial charge is 0.289 e. The minimum Gasteiger partial charge on any atom is -0.324 e. The van der Waals surface area contributed by atoms with Gasteiger partial charge >= 0.3 is 0 Å². The van der Waals surface area contributed by atoms with E-state index in [9.17, 15) is 27.7 Å². The first-order valence-corrected chi connectivity index (χ1v) is 12.3. The highest BCUT2D eigenvalue weighted by atomic mass is 32.2. The first kappa shape index (κ1) is 24.5. The molecule has 9 nitrogen and oxygen atoms in total. The predicted molar refractivity (Wildman–Crippen MR) is 128 cm³/mol. The van der Waals surface area contributed by atoms with Crippen molar-refractivity contribution in [3.05, 3.63) is 100 Å². The van der Waals surface area contributed by atoms with E-state index < -0.39 is 32.5 Å². The maximum atomic E-state index is 13.3. The summed E-state index contributed by atoms with van der Waals surface area (Å²) in [6.07, 6.45) is 0. The Hall–Kier alpha value is -3.67. The van der Waals surface area contributed by atoms with Crippen LogP contribution >= 0.6 is 0 Å². The second kappa shape index (κ2) is 10.3. The lowest BCUT2D eigenvalue weighted by atomic mass is 10.0. The van der Waals surface area contributed by atoms with E-state index in [1.54, 1.807) is 0 Å². The average molecular weight is 499 g/mol. The summed E-state index contributed by atoms with van der Waals surface area (Å²) in [6.45, 7) is 0.579. The van der Waals surface area contributed by atoms with Crippen molar-refractivity contribution in [2.45, 2.75) is 10.9 Å². The molecule has 4 rings (SSSR count). The van der Waals surface area contributed by atoms with Crippen molar-refractivity contribution in [3.63, 3.8) is 0 Å². The SMILES string of the molecule is O=C(Nc1ccc(F)cc1)[C@H](c1ccccc1)N1CCN(S(=O)(=O)c2ccccc2[N+](=O)[O-])CC1. The Labute approximate surface area is 202 Å². The topological polar surface area (TPSA) is 113 Å². The molecule has 1 N–H and O–H groups in total. The molecule has 182 valence electrons. The van der Waals surface area contributed by atoms with Crippen molar-refractivity contribution < 1.29 is 22.5 Å². The number of nitro benzene ring substituents is 1. The molecule has 1 aliphatic rings. The molecule has 0 saturated carbocycles. The molecule has 1 amide bonds. The van der Waals surface area contributed by atoms with E-state index in [-0.39, 0.29) is 37.0 Å². The van der Waals surface area contributed by atoms with Gasteiger partial charge in [-0.15, -0.1) is 0 Å². The zero-order valence-corrected chi connectivity index (χ0v) is 19.4. The number of carbonyl (C=O) groups excluding carboxylic acids is 1. The van der Waals surface area contributed by atoms with Crippen molar-refractivity contribution in [1.82, 2.24) is 9.21 Å². The summed E-state index contributed by atoms with van der Waals surface area (Å²) in [7, 11) is -4.10. The molecular formula is C24H23FN4O5S. The maximum Gasteiger partial charge on any atom is 0.289 e. The number of amides is 1. The molecule has 0 spiro atoms. The lowest BCUT2D eigenvalue weighted by molar-refractivity contribution is -0.387. The van der Waals surface area contributed by atoms with Gasteiger partial charge in [0, 0.05) is 37.9 Å². The Kier molecular flexibility index (Phi) is 7.20. The molecule has 1 fully saturated rings. The van der Waals surface area contributed by atoms with Gasteiger partial charge in [-0.3, -0.25) is 19.8 Å². The number of rotatable bonds is 7. The van der Waals surface area contributed by atoms with Crippen molar-refractivity contribution >= 4 is 27.3 Å². The molecule has 11 heteroatoms. The molecular weight excluding hydrogens is 475 g/mol. The average Bonchev–Trinajstić information content (AvgIpc) is 2.86. The van der Waals surface area contributed by atoms with Crippen LogP contribution in [0.15, 0.2) is 83.8 Å². The van der Waals surface area contributed by atoms with Gasteiger partial charge in [0.15, 0.2) is 4.90 Å². The Morgan fingerprint density at radius 3 is 2.14 bits per heavy atom. The quantitative estimate of drug-likeness (QED) is 0.395. The zero-order valence-electron chi connectivity index (χ0n) is 18.6. The van der Waals surface area contributed by atoms with Gasteiger partial charge in [0.25, 0.3) is 5.69 Å². The number of nitro groups is 1. The first-order chi connectivity index (χ1) is 16.8. The zero-order chi connectivity index (χ0) is 25.0. The van der Waals surface area contributed by atoms with Crippen LogP contribution < -0.4 is 5.32 Å². The number of benzene rings is 3. The van der Waals surface area contributed by atoms with E-state index in [0.29, 0.717) is 5.69 Å². The van der Waals surface area contributed by atoms with Crippen LogP contribution in [-0.4, -0.2) is 54.6 Å². The third kappa shape index (κ3) is 5.37. The van der Waals surface area contributed by atoms with Crippen LogP contribution in [-0.2, 0) is 14.8 Å². The molecule has 1 atom stereocenters. The van der Waals surface area contributed by atoms with Gasteiger partial charge in [-0.05, 0) is 35.9 Å². The summed E-state index contributed by atoms with van der Waals surface area (Å²) in [5.74, 6) is -0.753. The largest absolute Gasteiger partial charge is 0.324 e. The Balaban J connectivity index is 1.54. The fourth-order valence-electron chi connectivity index (χ4n) is 4.07. The number of hydrogen-bond acceptors (Lipinski definition) is 6. The Morgan fingerprint density at radius 2 is 1.51 bits per heavy atom. The van der Waals surface area contributed by atoms with E-state index in [0.717, 1.165) is 11.6 Å². The molecule has 3 aromatic carbocycles. The van der Waals surface area contributed by atoms with Crippen LogP contribution in [0.3, 0.4) is 0 Å². The number of nitrogens with zero attached hydrogens (tertiary/aromatic N) is 3. The molecule has 0 unspecified atom stereocenters. The molecule has 0 bridgehead atoms. The summed E-state index contributed by atoms with van der Waals surface area (Å²) in [5, 5.41) is 14.1. The third-order valence-corrected chi connectivity index (χ3v) is 7.74. The highest BCUT2D eigenvalue weighted by Crippen LogP contribution is 2.29. The number of halogens is 1. The molecule has 3 aromatic rings. The van der Waals surface area contributed by atoms with Crippen molar-refractivity contribution in [3.8, 4) is 0 Å². The van der Waals surface area contributed by atoms with Gasteiger partial charge in [-0.25, -0.2) is 12.8 Å². The van der Waals surface area contributed by atoms with Crippen LogP contribution in [0, 0.1) is 15.9 Å². The number of nitrogens with one attached hydrogen (secondary N) is 1. The van der Waals surface area contributed by atoms with Gasteiger partial charge in [-0.2, -0.15) is 4.31 Å². The summed E-state index contributed by atoms with van der Waals surface area (Å²) in [5.41, 5.74) is 0.688. The van der Waals surface area contributed by atoms with Gasteiger partial charge < -0.3 is 5.32 Å². The van der Waals surface area contributed by atoms with Gasteiger partial charge in [0.1, 0.15) is 11.9 Å². The summed E-state index contributed by atoms with van der Waals surface area (Å²) in [6, 6.07) is 19.0. The lowest BCUT2D eigenvalue weighted by Gasteiger charge is -2.38. The molecule has 1 heterocycles. The van der Waals surface area contributed by atoms with Crippen molar-refractivity contribution in [2.24, 2.45) is 0 Å². The van der Waals surface area contributed by atoms with E-state index >= 15 is 0 Å². The maximum absolute atomic E-state index is 13.3. The van der Waals surface area contributed by atoms with Crippen LogP contribution in [0.2, 0.25) is 0 Å². The fourth-order valence-corrected chi connectivity index (χ4v) is 5.65. The summed E-state index contributed by atoms with van der Waals surface area (Å²) < 4.78 is 40.8. The van der Waals surface area contributed by atoms with E-state index in [2.05, 4.69) is 5.32 Å². The van der Waals surface area contributed by atoms with Gasteiger partial charge in [0.05, 0.1) is 4.92 Å². The number of piperazine rings is 1. The minimum absolute atomic E-state index is 0.0571. The molecule has 1 saturated heterocycles. The van der Waals surface area contributed by atoms with Crippen LogP contribution in [0.4, 0.5) is 15.8 Å². The Morgan fingerprint density at radius 1 is 0.914 bits per heavy atom. The lowest BCUT2D eigenvalue weighted by Crippen LogP contribution is -2.51. The summed E-state index contributed by atoms with van der Waals surface area (Å²) >= 11 is 0. The number of para-hydroxylation sites is 1. The molecule has 0 aromatic heterocycles. The van der Waals surface area contributed by atoms with Crippen LogP contribution in [0.5, 0.6) is 0 Å². The number of hydrogen-bond donors (Lipinski definition) is 1. The van der Waals surface area contributed by atoms with E-state index in [1.165, 1.54) is 46.8 Å². The molecule has 0 aliphatic carbocycles. The predicted octanol–water partition coefficient (Wildman–Crippen LogP) is 3.42. The fraction of sp³-hybridized carbons (Fsp3) is 0.208. The number of sulfonamides is 1. The Bertz CT molecular complexity index is 1310. The monoisotopic (exact) mass is 498 g/mol. The normalized spacial score (nSPS) is 15.9. The second-order valence-corrected chi connectivity index (χ2v) is 9.88. The highest BCUT2D eigenvalue weighted by Gasteiger charge is 2.36. The molecule has 1 aliphatic heterocycles. The van der Waals surface area contributed by atoms with E-state index in [4.69, 9.17) is 0 Å². The highest BCUT2D eigenvalue weighted by molar-refractivity contribution is 7.89. The molecule has 0 radical (unpaired) electrons. The van der Waals surface area contributed by atoms with Crippen LogP contribution in [0.1, 0.15) is 11.6 Å². The number of anilines is 1. The van der Waals surface area contributed by atoms with Crippen molar-refractivity contribution in [1.29, 1.82) is 0 Å². The minimum atomic E-state index is -4.10. The number of carbonyl (C=O) groups is 1. The van der Waals surface area contributed by atoms with Gasteiger partial charge in [-0.1, -0.05) is 42.5 Å². The van der Waals surface area contributed by atoms with Gasteiger partial charge in [0.2, 0.25) is 15.9 Å². The van der Waals surface area contributed by atoms with Crippen LogP contribution in [0.25, 0.3) is 0 Å².